The zero-order valence-corrected chi connectivity index (χ0v) is 9.24. The molecule has 0 atom stereocenters. The molecule has 0 amide bonds. The summed E-state index contributed by atoms with van der Waals surface area (Å²) in [5, 5.41) is 9.03. The molecule has 18 heavy (non-hydrogen) atoms. The van der Waals surface area contributed by atoms with Crippen molar-refractivity contribution in [2.75, 3.05) is 0 Å². The van der Waals surface area contributed by atoms with Gasteiger partial charge in [0.25, 0.3) is 0 Å². The Morgan fingerprint density at radius 2 is 2.00 bits per heavy atom. The second-order valence-electron chi connectivity index (χ2n) is 3.92. The van der Waals surface area contributed by atoms with E-state index in [1.165, 1.54) is 6.07 Å². The lowest BCUT2D eigenvalue weighted by Gasteiger charge is -2.07. The molecule has 6 heteroatoms. The highest BCUT2D eigenvalue weighted by Crippen LogP contribution is 2.31. The largest absolute Gasteiger partial charge is 0.481 e. The maximum Gasteiger partial charge on any atom is 0.416 e. The van der Waals surface area contributed by atoms with E-state index in [0.29, 0.717) is 10.9 Å². The van der Waals surface area contributed by atoms with E-state index in [-0.39, 0.29) is 13.0 Å². The highest BCUT2D eigenvalue weighted by Gasteiger charge is 2.30. The number of benzene rings is 1. The van der Waals surface area contributed by atoms with Gasteiger partial charge in [-0.25, -0.2) is 0 Å². The molecule has 2 aromatic rings. The van der Waals surface area contributed by atoms with Gasteiger partial charge in [0.1, 0.15) is 0 Å². The van der Waals surface area contributed by atoms with E-state index in [1.54, 1.807) is 16.8 Å². The summed E-state index contributed by atoms with van der Waals surface area (Å²) in [4.78, 5) is 10.5. The van der Waals surface area contributed by atoms with Crippen LogP contribution in [0, 0.1) is 0 Å². The molecule has 0 saturated heterocycles. The Morgan fingerprint density at radius 1 is 1.28 bits per heavy atom. The van der Waals surface area contributed by atoms with Crippen LogP contribution in [0.4, 0.5) is 13.2 Å². The fourth-order valence-corrected chi connectivity index (χ4v) is 1.79. The number of nitrogens with zero attached hydrogens (tertiary/aromatic N) is 1. The first-order chi connectivity index (χ1) is 8.38. The maximum absolute atomic E-state index is 12.5. The first kappa shape index (κ1) is 12.5. The number of halogens is 3. The maximum atomic E-state index is 12.5. The topological polar surface area (TPSA) is 42.2 Å². The van der Waals surface area contributed by atoms with Crippen molar-refractivity contribution in [1.29, 1.82) is 0 Å². The van der Waals surface area contributed by atoms with Crippen LogP contribution in [0.1, 0.15) is 12.0 Å². The Morgan fingerprint density at radius 3 is 2.61 bits per heavy atom. The number of hydrogen-bond acceptors (Lipinski definition) is 1. The average Bonchev–Trinajstić information content (AvgIpc) is 2.67. The molecule has 0 unspecified atom stereocenters. The molecule has 96 valence electrons. The van der Waals surface area contributed by atoms with Crippen molar-refractivity contribution >= 4 is 16.9 Å². The van der Waals surface area contributed by atoms with Gasteiger partial charge in [0.15, 0.2) is 0 Å². The van der Waals surface area contributed by atoms with Crippen LogP contribution in [-0.4, -0.2) is 15.6 Å². The van der Waals surface area contributed by atoms with Crippen LogP contribution in [0.2, 0.25) is 0 Å². The molecule has 1 heterocycles. The van der Waals surface area contributed by atoms with Gasteiger partial charge in [0.2, 0.25) is 0 Å². The molecule has 1 N–H and O–H groups in total. The number of hydrogen-bond donors (Lipinski definition) is 1. The number of carbonyl (C=O) groups is 1. The van der Waals surface area contributed by atoms with Crippen molar-refractivity contribution < 1.29 is 23.1 Å². The van der Waals surface area contributed by atoms with Gasteiger partial charge in [0.05, 0.1) is 12.0 Å². The molecule has 1 aromatic heterocycles. The number of aliphatic carboxylic acids is 1. The lowest BCUT2D eigenvalue weighted by molar-refractivity contribution is -0.138. The molecule has 0 saturated carbocycles. The molecule has 2 rings (SSSR count). The minimum atomic E-state index is -4.36. The molecular formula is C12H10F3NO2. The standard InChI is InChI=1S/C12H10F3NO2/c13-12(14,15)9-1-2-10-8(7-9)3-5-16(10)6-4-11(17)18/h1-3,5,7H,4,6H2,(H,17,18). The fourth-order valence-electron chi connectivity index (χ4n) is 1.79. The Labute approximate surface area is 100 Å². The zero-order chi connectivity index (χ0) is 13.3. The van der Waals surface area contributed by atoms with Crippen LogP contribution in [0.15, 0.2) is 30.5 Å². The van der Waals surface area contributed by atoms with Gasteiger partial charge in [0, 0.05) is 23.6 Å². The summed E-state index contributed by atoms with van der Waals surface area (Å²) in [6.45, 7) is 0.240. The predicted octanol–water partition coefficient (Wildman–Crippen LogP) is 3.13. The number of fused-ring (bicyclic) bond motifs is 1. The van der Waals surface area contributed by atoms with Crippen LogP contribution in [0.3, 0.4) is 0 Å². The van der Waals surface area contributed by atoms with Crippen LogP contribution >= 0.6 is 0 Å². The van der Waals surface area contributed by atoms with Gasteiger partial charge in [-0.3, -0.25) is 4.79 Å². The summed E-state index contributed by atoms with van der Waals surface area (Å²) in [5.41, 5.74) is -0.102. The molecule has 0 fully saturated rings. The molecule has 3 nitrogen and oxygen atoms in total. The zero-order valence-electron chi connectivity index (χ0n) is 9.24. The Bertz CT molecular complexity index is 587. The highest BCUT2D eigenvalue weighted by molar-refractivity contribution is 5.81. The molecule has 0 bridgehead atoms. The summed E-state index contributed by atoms with van der Waals surface area (Å²) < 4.78 is 39.1. The van der Waals surface area contributed by atoms with E-state index in [2.05, 4.69) is 0 Å². The van der Waals surface area contributed by atoms with Gasteiger partial charge >= 0.3 is 12.1 Å². The number of aromatic nitrogens is 1. The Balaban J connectivity index is 2.35. The van der Waals surface area contributed by atoms with Gasteiger partial charge in [-0.05, 0) is 24.3 Å². The lowest BCUT2D eigenvalue weighted by Crippen LogP contribution is -2.05. The second-order valence-corrected chi connectivity index (χ2v) is 3.92. The number of alkyl halides is 3. The van der Waals surface area contributed by atoms with Gasteiger partial charge < -0.3 is 9.67 Å². The van der Waals surface area contributed by atoms with Crippen molar-refractivity contribution in [1.82, 2.24) is 4.57 Å². The highest BCUT2D eigenvalue weighted by atomic mass is 19.4. The van der Waals surface area contributed by atoms with Crippen molar-refractivity contribution in [2.45, 2.75) is 19.1 Å². The number of aryl methyl sites for hydroxylation is 1. The first-order valence-corrected chi connectivity index (χ1v) is 5.26. The molecule has 1 aromatic carbocycles. The van der Waals surface area contributed by atoms with Gasteiger partial charge in [-0.15, -0.1) is 0 Å². The van der Waals surface area contributed by atoms with Crippen molar-refractivity contribution in [3.05, 3.63) is 36.0 Å². The average molecular weight is 257 g/mol. The monoisotopic (exact) mass is 257 g/mol. The van der Waals surface area contributed by atoms with E-state index >= 15 is 0 Å². The predicted molar refractivity (Wildman–Crippen MR) is 59.2 cm³/mol. The molecular weight excluding hydrogens is 247 g/mol. The van der Waals surface area contributed by atoms with E-state index in [4.69, 9.17) is 5.11 Å². The third kappa shape index (κ3) is 2.47. The van der Waals surface area contributed by atoms with Crippen molar-refractivity contribution in [3.8, 4) is 0 Å². The summed E-state index contributed by atoms with van der Waals surface area (Å²) in [7, 11) is 0. The van der Waals surface area contributed by atoms with E-state index in [1.807, 2.05) is 0 Å². The minimum absolute atomic E-state index is 0.0647. The summed E-state index contributed by atoms with van der Waals surface area (Å²) in [6, 6.07) is 4.97. The van der Waals surface area contributed by atoms with Crippen LogP contribution in [0.25, 0.3) is 10.9 Å². The number of carboxylic acids is 1. The Hall–Kier alpha value is -1.98. The number of carboxylic acid groups (broad SMARTS) is 1. The van der Waals surface area contributed by atoms with E-state index in [0.717, 1.165) is 12.1 Å². The van der Waals surface area contributed by atoms with Crippen LogP contribution in [0.5, 0.6) is 0 Å². The van der Waals surface area contributed by atoms with E-state index < -0.39 is 17.7 Å². The molecule has 0 aliphatic carbocycles. The summed E-state index contributed by atoms with van der Waals surface area (Å²) in [6.07, 6.45) is -2.84. The fraction of sp³-hybridized carbons (Fsp3) is 0.250. The normalized spacial score (nSPS) is 11.9. The third-order valence-corrected chi connectivity index (χ3v) is 2.66. The van der Waals surface area contributed by atoms with Gasteiger partial charge in [-0.1, -0.05) is 0 Å². The minimum Gasteiger partial charge on any atom is -0.481 e. The van der Waals surface area contributed by atoms with Crippen molar-refractivity contribution in [2.24, 2.45) is 0 Å². The smallest absolute Gasteiger partial charge is 0.416 e. The lowest BCUT2D eigenvalue weighted by atomic mass is 10.1. The summed E-state index contributed by atoms with van der Waals surface area (Å²) in [5.74, 6) is -0.941. The number of rotatable bonds is 3. The summed E-state index contributed by atoms with van der Waals surface area (Å²) >= 11 is 0. The third-order valence-electron chi connectivity index (χ3n) is 2.66. The second kappa shape index (κ2) is 4.36. The quantitative estimate of drug-likeness (QED) is 0.917. The van der Waals surface area contributed by atoms with Gasteiger partial charge in [-0.2, -0.15) is 13.2 Å². The SMILES string of the molecule is O=C(O)CCn1ccc2cc(C(F)(F)F)ccc21. The van der Waals surface area contributed by atoms with Crippen LogP contribution < -0.4 is 0 Å². The van der Waals surface area contributed by atoms with E-state index in [9.17, 15) is 18.0 Å². The molecule has 0 radical (unpaired) electrons. The first-order valence-electron chi connectivity index (χ1n) is 5.26. The molecule has 0 aliphatic heterocycles. The molecule has 0 aliphatic rings. The van der Waals surface area contributed by atoms with Crippen molar-refractivity contribution in [3.63, 3.8) is 0 Å². The molecule has 0 spiro atoms. The Kier molecular flexibility index (Phi) is 3.02. The van der Waals surface area contributed by atoms with Crippen LogP contribution in [-0.2, 0) is 17.5 Å².